The molecule has 3 nitrogen and oxygen atoms in total. The van der Waals surface area contributed by atoms with Crippen LogP contribution in [0.15, 0.2) is 18.3 Å². The lowest BCUT2D eigenvalue weighted by Crippen LogP contribution is -2.39. The second-order valence-corrected chi connectivity index (χ2v) is 4.45. The van der Waals surface area contributed by atoms with E-state index in [-0.39, 0.29) is 17.5 Å². The molecular weight excluding hydrogens is 231 g/mol. The first-order chi connectivity index (χ1) is 8.61. The summed E-state index contributed by atoms with van der Waals surface area (Å²) in [5, 5.41) is 0. The number of rotatable bonds is 6. The van der Waals surface area contributed by atoms with Crippen molar-refractivity contribution in [1.82, 2.24) is 9.88 Å². The molecule has 0 bridgehead atoms. The molecule has 0 N–H and O–H groups in total. The van der Waals surface area contributed by atoms with Gasteiger partial charge in [0.05, 0.1) is 5.56 Å². The van der Waals surface area contributed by atoms with Gasteiger partial charge < -0.3 is 4.90 Å². The largest absolute Gasteiger partial charge is 0.336 e. The molecule has 18 heavy (non-hydrogen) atoms. The van der Waals surface area contributed by atoms with Gasteiger partial charge in [0.2, 0.25) is 5.95 Å². The molecular formula is C14H21FN2O. The zero-order chi connectivity index (χ0) is 13.5. The summed E-state index contributed by atoms with van der Waals surface area (Å²) in [5.74, 6) is -0.948. The molecule has 4 heteroatoms. The van der Waals surface area contributed by atoms with E-state index in [4.69, 9.17) is 0 Å². The van der Waals surface area contributed by atoms with Crippen LogP contribution in [0.3, 0.4) is 0 Å². The summed E-state index contributed by atoms with van der Waals surface area (Å²) >= 11 is 0. The normalized spacial score (nSPS) is 12.2. The summed E-state index contributed by atoms with van der Waals surface area (Å²) < 4.78 is 13.5. The molecule has 100 valence electrons. The molecule has 0 fully saturated rings. The second kappa shape index (κ2) is 7.09. The number of carbonyl (C=O) groups excluding carboxylic acids is 1. The number of amides is 1. The van der Waals surface area contributed by atoms with E-state index in [0.29, 0.717) is 6.54 Å². The number of aromatic nitrogens is 1. The third-order valence-corrected chi connectivity index (χ3v) is 3.13. The minimum atomic E-state index is -0.688. The predicted octanol–water partition coefficient (Wildman–Crippen LogP) is 3.26. The lowest BCUT2D eigenvalue weighted by Gasteiger charge is -2.28. The van der Waals surface area contributed by atoms with E-state index in [9.17, 15) is 9.18 Å². The maximum Gasteiger partial charge on any atom is 0.258 e. The molecule has 1 atom stereocenters. The number of carbonyl (C=O) groups is 1. The fourth-order valence-corrected chi connectivity index (χ4v) is 1.77. The molecule has 1 amide bonds. The minimum absolute atomic E-state index is 0.0638. The van der Waals surface area contributed by atoms with Crippen LogP contribution < -0.4 is 0 Å². The van der Waals surface area contributed by atoms with Crippen LogP contribution in [0.2, 0.25) is 0 Å². The summed E-state index contributed by atoms with van der Waals surface area (Å²) in [6.45, 7) is 6.75. The maximum atomic E-state index is 13.5. The topological polar surface area (TPSA) is 33.2 Å². The van der Waals surface area contributed by atoms with Crippen LogP contribution in [0.4, 0.5) is 4.39 Å². The van der Waals surface area contributed by atoms with Crippen molar-refractivity contribution >= 4 is 5.91 Å². The van der Waals surface area contributed by atoms with Crippen LogP contribution in [-0.4, -0.2) is 28.4 Å². The van der Waals surface area contributed by atoms with Crippen molar-refractivity contribution in [2.24, 2.45) is 0 Å². The fourth-order valence-electron chi connectivity index (χ4n) is 1.77. The van der Waals surface area contributed by atoms with Gasteiger partial charge in [-0.1, -0.05) is 20.3 Å². The number of unbranched alkanes of at least 4 members (excludes halogenated alkanes) is 1. The summed E-state index contributed by atoms with van der Waals surface area (Å²) in [6.07, 6.45) is 4.15. The molecule has 0 saturated carbocycles. The van der Waals surface area contributed by atoms with Crippen molar-refractivity contribution in [2.45, 2.75) is 46.1 Å². The Morgan fingerprint density at radius 3 is 2.78 bits per heavy atom. The Bertz CT molecular complexity index is 395. The van der Waals surface area contributed by atoms with Gasteiger partial charge in [-0.2, -0.15) is 4.39 Å². The van der Waals surface area contributed by atoms with Gasteiger partial charge in [0.15, 0.2) is 0 Å². The summed E-state index contributed by atoms with van der Waals surface area (Å²) in [4.78, 5) is 17.6. The molecule has 1 unspecified atom stereocenters. The zero-order valence-electron chi connectivity index (χ0n) is 11.3. The maximum absolute atomic E-state index is 13.5. The first-order valence-corrected chi connectivity index (χ1v) is 6.53. The molecule has 0 aliphatic carbocycles. The zero-order valence-corrected chi connectivity index (χ0v) is 11.3. The van der Waals surface area contributed by atoms with Crippen LogP contribution >= 0.6 is 0 Å². The van der Waals surface area contributed by atoms with Gasteiger partial charge in [-0.05, 0) is 31.9 Å². The predicted molar refractivity (Wildman–Crippen MR) is 69.9 cm³/mol. The highest BCUT2D eigenvalue weighted by Gasteiger charge is 2.22. The van der Waals surface area contributed by atoms with E-state index < -0.39 is 5.95 Å². The molecule has 0 aliphatic rings. The number of nitrogens with zero attached hydrogens (tertiary/aromatic N) is 2. The smallest absolute Gasteiger partial charge is 0.258 e. The standard InChI is InChI=1S/C14H21FN2O/c1-4-6-10-17(11(3)5-2)14(18)12-8-7-9-16-13(12)15/h7-9,11H,4-6,10H2,1-3H3. The average Bonchev–Trinajstić information content (AvgIpc) is 2.39. The van der Waals surface area contributed by atoms with Gasteiger partial charge in [-0.25, -0.2) is 4.98 Å². The molecule has 0 spiro atoms. The molecule has 0 aromatic carbocycles. The van der Waals surface area contributed by atoms with Gasteiger partial charge >= 0.3 is 0 Å². The first kappa shape index (κ1) is 14.6. The van der Waals surface area contributed by atoms with E-state index in [2.05, 4.69) is 11.9 Å². The van der Waals surface area contributed by atoms with Crippen molar-refractivity contribution in [3.05, 3.63) is 29.8 Å². The molecule has 0 saturated heterocycles. The number of pyridine rings is 1. The number of hydrogen-bond acceptors (Lipinski definition) is 2. The summed E-state index contributed by atoms with van der Waals surface area (Å²) in [5.41, 5.74) is 0.0638. The highest BCUT2D eigenvalue weighted by molar-refractivity contribution is 5.94. The Kier molecular flexibility index (Phi) is 5.75. The van der Waals surface area contributed by atoms with Crippen molar-refractivity contribution in [2.75, 3.05) is 6.54 Å². The van der Waals surface area contributed by atoms with Crippen LogP contribution in [0, 0.1) is 5.95 Å². The Labute approximate surface area is 108 Å². The fraction of sp³-hybridized carbons (Fsp3) is 0.571. The van der Waals surface area contributed by atoms with Crippen molar-refractivity contribution < 1.29 is 9.18 Å². The Morgan fingerprint density at radius 1 is 1.50 bits per heavy atom. The van der Waals surface area contributed by atoms with Crippen LogP contribution in [-0.2, 0) is 0 Å². The van der Waals surface area contributed by atoms with Crippen molar-refractivity contribution in [3.8, 4) is 0 Å². The first-order valence-electron chi connectivity index (χ1n) is 6.53. The third-order valence-electron chi connectivity index (χ3n) is 3.13. The molecule has 1 heterocycles. The van der Waals surface area contributed by atoms with Gasteiger partial charge in [-0.15, -0.1) is 0 Å². The van der Waals surface area contributed by atoms with E-state index in [1.165, 1.54) is 12.3 Å². The van der Waals surface area contributed by atoms with Crippen LogP contribution in [0.1, 0.15) is 50.4 Å². The summed E-state index contributed by atoms with van der Waals surface area (Å²) in [7, 11) is 0. The van der Waals surface area contributed by atoms with E-state index in [0.717, 1.165) is 19.3 Å². The van der Waals surface area contributed by atoms with Gasteiger partial charge in [0, 0.05) is 18.8 Å². The van der Waals surface area contributed by atoms with Crippen molar-refractivity contribution in [1.29, 1.82) is 0 Å². The number of halogens is 1. The monoisotopic (exact) mass is 252 g/mol. The molecule has 1 aromatic heterocycles. The minimum Gasteiger partial charge on any atom is -0.336 e. The quantitative estimate of drug-likeness (QED) is 0.728. The molecule has 1 aromatic rings. The van der Waals surface area contributed by atoms with Gasteiger partial charge in [-0.3, -0.25) is 4.79 Å². The van der Waals surface area contributed by atoms with E-state index in [1.807, 2.05) is 13.8 Å². The van der Waals surface area contributed by atoms with Gasteiger partial charge in [0.25, 0.3) is 5.91 Å². The third kappa shape index (κ3) is 3.52. The number of hydrogen-bond donors (Lipinski definition) is 0. The summed E-state index contributed by atoms with van der Waals surface area (Å²) in [6, 6.07) is 3.19. The Morgan fingerprint density at radius 2 is 2.22 bits per heavy atom. The highest BCUT2D eigenvalue weighted by Crippen LogP contribution is 2.13. The SMILES string of the molecule is CCCCN(C(=O)c1cccnc1F)C(C)CC. The lowest BCUT2D eigenvalue weighted by atomic mass is 10.1. The molecule has 1 rings (SSSR count). The molecule has 0 aliphatic heterocycles. The Hall–Kier alpha value is -1.45. The average molecular weight is 252 g/mol. The van der Waals surface area contributed by atoms with E-state index in [1.54, 1.807) is 11.0 Å². The van der Waals surface area contributed by atoms with Crippen molar-refractivity contribution in [3.63, 3.8) is 0 Å². The van der Waals surface area contributed by atoms with Crippen LogP contribution in [0.25, 0.3) is 0 Å². The van der Waals surface area contributed by atoms with Gasteiger partial charge in [0.1, 0.15) is 0 Å². The Balaban J connectivity index is 2.91. The second-order valence-electron chi connectivity index (χ2n) is 4.45. The highest BCUT2D eigenvalue weighted by atomic mass is 19.1. The van der Waals surface area contributed by atoms with Crippen LogP contribution in [0.5, 0.6) is 0 Å². The van der Waals surface area contributed by atoms with E-state index >= 15 is 0 Å². The molecule has 0 radical (unpaired) electrons. The lowest BCUT2D eigenvalue weighted by molar-refractivity contribution is 0.0679.